The zero-order valence-corrected chi connectivity index (χ0v) is 13.0. The Bertz CT molecular complexity index is 647. The highest BCUT2D eigenvalue weighted by atomic mass is 35.5. The minimum absolute atomic E-state index is 0.0851. The Morgan fingerprint density at radius 2 is 2.00 bits per heavy atom. The molecule has 0 saturated heterocycles. The summed E-state index contributed by atoms with van der Waals surface area (Å²) in [6.45, 7) is 2.35. The van der Waals surface area contributed by atoms with Crippen LogP contribution in [-0.4, -0.2) is 17.4 Å². The number of anilines is 2. The van der Waals surface area contributed by atoms with Gasteiger partial charge in [-0.1, -0.05) is 29.3 Å². The number of amides is 1. The highest BCUT2D eigenvalue weighted by molar-refractivity contribution is 6.33. The Balaban J connectivity index is 1.85. The number of carbonyl (C=O) groups excluding carboxylic acids is 1. The molecule has 0 unspecified atom stereocenters. The standard InChI is InChI=1S/C15H15Cl2N3O/c1-10-11(16)3-2-4-13(10)20-15(21)6-8-19-14-5-7-18-9-12(14)17/h2-5,7,9H,6,8H2,1H3,(H,18,19)(H,20,21). The molecule has 2 aromatic rings. The SMILES string of the molecule is Cc1c(Cl)cccc1NC(=O)CCNc1ccncc1Cl. The number of hydrogen-bond acceptors (Lipinski definition) is 3. The molecule has 0 saturated carbocycles. The van der Waals surface area contributed by atoms with Crippen LogP contribution >= 0.6 is 23.2 Å². The van der Waals surface area contributed by atoms with Gasteiger partial charge in [0.1, 0.15) is 0 Å². The molecule has 2 N–H and O–H groups in total. The van der Waals surface area contributed by atoms with Gasteiger partial charge in [-0.2, -0.15) is 0 Å². The highest BCUT2D eigenvalue weighted by Crippen LogP contribution is 2.23. The fraction of sp³-hybridized carbons (Fsp3) is 0.200. The molecule has 0 radical (unpaired) electrons. The fourth-order valence-electron chi connectivity index (χ4n) is 1.78. The quantitative estimate of drug-likeness (QED) is 0.869. The monoisotopic (exact) mass is 323 g/mol. The third kappa shape index (κ3) is 4.34. The van der Waals surface area contributed by atoms with E-state index >= 15 is 0 Å². The van der Waals surface area contributed by atoms with Crippen LogP contribution in [0.2, 0.25) is 10.0 Å². The molecule has 1 heterocycles. The molecule has 0 fully saturated rings. The molecule has 0 spiro atoms. The van der Waals surface area contributed by atoms with Crippen molar-refractivity contribution in [3.63, 3.8) is 0 Å². The largest absolute Gasteiger partial charge is 0.383 e. The Hall–Kier alpha value is -1.78. The highest BCUT2D eigenvalue weighted by Gasteiger charge is 2.07. The molecule has 1 aromatic heterocycles. The van der Waals surface area contributed by atoms with E-state index in [9.17, 15) is 4.79 Å². The van der Waals surface area contributed by atoms with Gasteiger partial charge in [-0.3, -0.25) is 9.78 Å². The van der Waals surface area contributed by atoms with Crippen LogP contribution in [0.3, 0.4) is 0 Å². The summed E-state index contributed by atoms with van der Waals surface area (Å²) < 4.78 is 0. The number of nitrogens with zero attached hydrogens (tertiary/aromatic N) is 1. The van der Waals surface area contributed by atoms with Crippen LogP contribution < -0.4 is 10.6 Å². The first kappa shape index (κ1) is 15.6. The number of nitrogens with one attached hydrogen (secondary N) is 2. The summed E-state index contributed by atoms with van der Waals surface area (Å²) in [5.74, 6) is -0.0851. The maximum absolute atomic E-state index is 11.9. The zero-order valence-electron chi connectivity index (χ0n) is 11.5. The third-order valence-corrected chi connectivity index (χ3v) is 3.69. The summed E-state index contributed by atoms with van der Waals surface area (Å²) in [5, 5.41) is 7.10. The predicted octanol–water partition coefficient (Wildman–Crippen LogP) is 4.14. The van der Waals surface area contributed by atoms with Gasteiger partial charge >= 0.3 is 0 Å². The summed E-state index contributed by atoms with van der Waals surface area (Å²) in [7, 11) is 0. The van der Waals surface area contributed by atoms with E-state index in [0.717, 1.165) is 16.9 Å². The third-order valence-electron chi connectivity index (χ3n) is 2.98. The number of halogens is 2. The van der Waals surface area contributed by atoms with E-state index in [1.54, 1.807) is 30.6 Å². The predicted molar refractivity (Wildman–Crippen MR) is 87.2 cm³/mol. The Labute approximate surface area is 133 Å². The summed E-state index contributed by atoms with van der Waals surface area (Å²) >= 11 is 12.0. The van der Waals surface area contributed by atoms with E-state index in [4.69, 9.17) is 23.2 Å². The first-order valence-electron chi connectivity index (χ1n) is 6.46. The van der Waals surface area contributed by atoms with E-state index in [1.807, 2.05) is 13.0 Å². The van der Waals surface area contributed by atoms with Crippen LogP contribution in [0, 0.1) is 6.92 Å². The molecular formula is C15H15Cl2N3O. The van der Waals surface area contributed by atoms with Crippen molar-refractivity contribution in [2.24, 2.45) is 0 Å². The van der Waals surface area contributed by atoms with Gasteiger partial charge in [-0.25, -0.2) is 0 Å². The molecule has 2 rings (SSSR count). The van der Waals surface area contributed by atoms with Crippen molar-refractivity contribution < 1.29 is 4.79 Å². The Morgan fingerprint density at radius 3 is 2.76 bits per heavy atom. The van der Waals surface area contributed by atoms with Crippen LogP contribution in [0.25, 0.3) is 0 Å². The van der Waals surface area contributed by atoms with E-state index in [2.05, 4.69) is 15.6 Å². The van der Waals surface area contributed by atoms with E-state index in [-0.39, 0.29) is 5.91 Å². The van der Waals surface area contributed by atoms with Crippen molar-refractivity contribution in [3.8, 4) is 0 Å². The van der Waals surface area contributed by atoms with E-state index in [0.29, 0.717) is 23.0 Å². The Kier molecular flexibility index (Phi) is 5.42. The van der Waals surface area contributed by atoms with Gasteiger partial charge in [0.15, 0.2) is 0 Å². The average molecular weight is 324 g/mol. The zero-order chi connectivity index (χ0) is 15.2. The maximum Gasteiger partial charge on any atom is 0.226 e. The van der Waals surface area contributed by atoms with Gasteiger partial charge in [0.25, 0.3) is 0 Å². The van der Waals surface area contributed by atoms with Crippen LogP contribution in [0.1, 0.15) is 12.0 Å². The summed E-state index contributed by atoms with van der Waals surface area (Å²) in [5.41, 5.74) is 2.35. The van der Waals surface area contributed by atoms with E-state index in [1.165, 1.54) is 0 Å². The molecule has 4 nitrogen and oxygen atoms in total. The smallest absolute Gasteiger partial charge is 0.226 e. The first-order valence-corrected chi connectivity index (χ1v) is 7.22. The van der Waals surface area contributed by atoms with Gasteiger partial charge in [0.05, 0.1) is 10.7 Å². The number of benzene rings is 1. The van der Waals surface area contributed by atoms with Crippen LogP contribution in [0.15, 0.2) is 36.7 Å². The number of hydrogen-bond donors (Lipinski definition) is 2. The second kappa shape index (κ2) is 7.29. The molecule has 110 valence electrons. The van der Waals surface area contributed by atoms with Crippen molar-refractivity contribution in [1.82, 2.24) is 4.98 Å². The maximum atomic E-state index is 11.9. The minimum Gasteiger partial charge on any atom is -0.383 e. The molecular weight excluding hydrogens is 309 g/mol. The van der Waals surface area contributed by atoms with Crippen LogP contribution in [0.4, 0.5) is 11.4 Å². The van der Waals surface area contributed by atoms with Gasteiger partial charge in [-0.15, -0.1) is 0 Å². The molecule has 0 aliphatic heterocycles. The molecule has 0 atom stereocenters. The lowest BCUT2D eigenvalue weighted by molar-refractivity contribution is -0.115. The lowest BCUT2D eigenvalue weighted by Crippen LogP contribution is -2.17. The lowest BCUT2D eigenvalue weighted by Gasteiger charge is -2.10. The second-order valence-electron chi connectivity index (χ2n) is 4.49. The molecule has 0 bridgehead atoms. The lowest BCUT2D eigenvalue weighted by atomic mass is 10.2. The average Bonchev–Trinajstić information content (AvgIpc) is 2.46. The summed E-state index contributed by atoms with van der Waals surface area (Å²) in [4.78, 5) is 15.8. The van der Waals surface area contributed by atoms with Crippen LogP contribution in [-0.2, 0) is 4.79 Å². The van der Waals surface area contributed by atoms with Crippen LogP contribution in [0.5, 0.6) is 0 Å². The topological polar surface area (TPSA) is 54.0 Å². The number of pyridine rings is 1. The Morgan fingerprint density at radius 1 is 1.19 bits per heavy atom. The first-order chi connectivity index (χ1) is 10.1. The van der Waals surface area contributed by atoms with Gasteiger partial charge in [0, 0.05) is 36.1 Å². The molecule has 1 amide bonds. The summed E-state index contributed by atoms with van der Waals surface area (Å²) in [6.07, 6.45) is 3.52. The van der Waals surface area contributed by atoms with Crippen molar-refractivity contribution in [1.29, 1.82) is 0 Å². The molecule has 21 heavy (non-hydrogen) atoms. The van der Waals surface area contributed by atoms with Gasteiger partial charge in [-0.05, 0) is 30.7 Å². The number of rotatable bonds is 5. The van der Waals surface area contributed by atoms with Crippen molar-refractivity contribution in [3.05, 3.63) is 52.3 Å². The normalized spacial score (nSPS) is 10.2. The number of aromatic nitrogens is 1. The van der Waals surface area contributed by atoms with Gasteiger partial charge < -0.3 is 10.6 Å². The fourth-order valence-corrected chi connectivity index (χ4v) is 2.15. The number of carbonyl (C=O) groups is 1. The van der Waals surface area contributed by atoms with Crippen molar-refractivity contribution in [2.45, 2.75) is 13.3 Å². The summed E-state index contributed by atoms with van der Waals surface area (Å²) in [6, 6.07) is 7.19. The van der Waals surface area contributed by atoms with Crippen molar-refractivity contribution >= 4 is 40.5 Å². The molecule has 0 aliphatic carbocycles. The van der Waals surface area contributed by atoms with E-state index < -0.39 is 0 Å². The second-order valence-corrected chi connectivity index (χ2v) is 5.31. The molecule has 0 aliphatic rings. The molecule has 6 heteroatoms. The van der Waals surface area contributed by atoms with Gasteiger partial charge in [0.2, 0.25) is 5.91 Å². The van der Waals surface area contributed by atoms with Crippen molar-refractivity contribution in [2.75, 3.05) is 17.2 Å². The molecule has 1 aromatic carbocycles. The minimum atomic E-state index is -0.0851.